The zero-order chi connectivity index (χ0) is 13.8. The van der Waals surface area contributed by atoms with Gasteiger partial charge in [0.05, 0.1) is 17.3 Å². The number of hydrogen-bond acceptors (Lipinski definition) is 4. The maximum atomic E-state index is 12.5. The normalized spacial score (nSPS) is 32.6. The second kappa shape index (κ2) is 3.63. The second-order valence-corrected chi connectivity index (χ2v) is 5.03. The van der Waals surface area contributed by atoms with Crippen LogP contribution in [0.1, 0.15) is 13.8 Å². The van der Waals surface area contributed by atoms with Crippen molar-refractivity contribution >= 4 is 17.3 Å². The Balaban J connectivity index is 2.00. The number of hydrogen-bond donors (Lipinski definition) is 0. The molecule has 0 unspecified atom stereocenters. The lowest BCUT2D eigenvalue weighted by Crippen LogP contribution is -2.33. The molecule has 1 aliphatic carbocycles. The van der Waals surface area contributed by atoms with Crippen LogP contribution in [0.25, 0.3) is 0 Å². The number of carbonyl (C=O) groups is 1. The molecule has 3 atom stereocenters. The minimum atomic E-state index is -1.03. The van der Waals surface area contributed by atoms with Crippen LogP contribution in [-0.2, 0) is 4.79 Å². The van der Waals surface area contributed by atoms with Gasteiger partial charge >= 0.3 is 0 Å². The number of rotatable bonds is 2. The summed E-state index contributed by atoms with van der Waals surface area (Å²) in [5.74, 6) is -0.585. The molecule has 0 N–H and O–H groups in total. The van der Waals surface area contributed by atoms with Crippen LogP contribution in [0, 0.1) is 21.4 Å². The number of amides is 1. The summed E-state index contributed by atoms with van der Waals surface area (Å²) < 4.78 is 0. The fraction of sp³-hybridized carbons (Fsp3) is 0.385. The summed E-state index contributed by atoms with van der Waals surface area (Å²) in [6.45, 7) is 3.43. The van der Waals surface area contributed by atoms with E-state index in [1.165, 1.54) is 5.01 Å². The van der Waals surface area contributed by atoms with Gasteiger partial charge in [-0.1, -0.05) is 25.1 Å². The van der Waals surface area contributed by atoms with Gasteiger partial charge in [0.1, 0.15) is 0 Å². The summed E-state index contributed by atoms with van der Waals surface area (Å²) in [7, 11) is 0. The molecule has 6 heteroatoms. The average molecular weight is 259 g/mol. The fourth-order valence-electron chi connectivity index (χ4n) is 3.10. The topological polar surface area (TPSA) is 75.8 Å². The van der Waals surface area contributed by atoms with Gasteiger partial charge in [0, 0.05) is 4.92 Å². The van der Waals surface area contributed by atoms with E-state index in [-0.39, 0.29) is 16.7 Å². The maximum absolute atomic E-state index is 12.5. The number of benzene rings is 1. The first kappa shape index (κ1) is 11.8. The van der Waals surface area contributed by atoms with E-state index in [9.17, 15) is 14.9 Å². The second-order valence-electron chi connectivity index (χ2n) is 5.03. The van der Waals surface area contributed by atoms with Crippen molar-refractivity contribution < 1.29 is 9.72 Å². The van der Waals surface area contributed by atoms with Gasteiger partial charge in [-0.2, -0.15) is 10.1 Å². The van der Waals surface area contributed by atoms with Gasteiger partial charge in [0.15, 0.2) is 5.41 Å². The van der Waals surface area contributed by atoms with Gasteiger partial charge < -0.3 is 0 Å². The molecule has 1 amide bonds. The molecule has 3 rings (SSSR count). The van der Waals surface area contributed by atoms with Gasteiger partial charge in [-0.3, -0.25) is 14.9 Å². The predicted octanol–water partition coefficient (Wildman–Crippen LogP) is 1.69. The van der Waals surface area contributed by atoms with Crippen LogP contribution in [-0.4, -0.2) is 22.6 Å². The van der Waals surface area contributed by atoms with Gasteiger partial charge in [-0.25, -0.2) is 0 Å². The SMILES string of the molecule is CC1=NN(c2ccccc2)C(=O)[C@@]12[C@H](C)[C@@H]2[N+](=O)[O-]. The van der Waals surface area contributed by atoms with E-state index in [1.807, 2.05) is 6.07 Å². The number of nitrogens with zero attached hydrogens (tertiary/aromatic N) is 3. The van der Waals surface area contributed by atoms with Crippen LogP contribution in [0.5, 0.6) is 0 Å². The highest BCUT2D eigenvalue weighted by molar-refractivity contribution is 6.21. The van der Waals surface area contributed by atoms with Crippen LogP contribution in [0.2, 0.25) is 0 Å². The molecule has 1 aromatic carbocycles. The Morgan fingerprint density at radius 1 is 1.37 bits per heavy atom. The lowest BCUT2D eigenvalue weighted by atomic mass is 9.98. The van der Waals surface area contributed by atoms with Crippen molar-refractivity contribution in [2.24, 2.45) is 16.4 Å². The van der Waals surface area contributed by atoms with Crippen LogP contribution in [0.4, 0.5) is 5.69 Å². The maximum Gasteiger partial charge on any atom is 0.266 e. The van der Waals surface area contributed by atoms with Crippen molar-refractivity contribution in [1.29, 1.82) is 0 Å². The van der Waals surface area contributed by atoms with Crippen LogP contribution in [0.15, 0.2) is 35.4 Å². The highest BCUT2D eigenvalue weighted by atomic mass is 16.6. The number of para-hydroxylation sites is 1. The van der Waals surface area contributed by atoms with Gasteiger partial charge in [-0.15, -0.1) is 0 Å². The van der Waals surface area contributed by atoms with E-state index in [1.54, 1.807) is 38.1 Å². The molecule has 0 bridgehead atoms. The molecule has 1 aromatic rings. The lowest BCUT2D eigenvalue weighted by molar-refractivity contribution is -0.501. The molecule has 19 heavy (non-hydrogen) atoms. The number of nitro groups is 1. The Labute approximate surface area is 109 Å². The molecular weight excluding hydrogens is 246 g/mol. The lowest BCUT2D eigenvalue weighted by Gasteiger charge is -2.13. The van der Waals surface area contributed by atoms with Gasteiger partial charge in [-0.05, 0) is 19.1 Å². The van der Waals surface area contributed by atoms with E-state index in [4.69, 9.17) is 0 Å². The fourth-order valence-corrected chi connectivity index (χ4v) is 3.10. The number of anilines is 1. The summed E-state index contributed by atoms with van der Waals surface area (Å²) in [5.41, 5.74) is 0.153. The molecule has 1 saturated carbocycles. The third kappa shape index (κ3) is 1.31. The Kier molecular flexibility index (Phi) is 2.26. The first-order valence-corrected chi connectivity index (χ1v) is 6.10. The molecule has 0 aromatic heterocycles. The van der Waals surface area contributed by atoms with Gasteiger partial charge in [0.25, 0.3) is 5.91 Å². The molecule has 0 radical (unpaired) electrons. The Bertz CT molecular complexity index is 598. The minimum Gasteiger partial charge on any atom is -0.271 e. The quantitative estimate of drug-likeness (QED) is 0.599. The first-order chi connectivity index (χ1) is 9.01. The van der Waals surface area contributed by atoms with Crippen LogP contribution in [0.3, 0.4) is 0 Å². The van der Waals surface area contributed by atoms with Crippen molar-refractivity contribution in [2.75, 3.05) is 5.01 Å². The van der Waals surface area contributed by atoms with Crippen molar-refractivity contribution in [1.82, 2.24) is 0 Å². The first-order valence-electron chi connectivity index (χ1n) is 6.10. The van der Waals surface area contributed by atoms with E-state index in [0.717, 1.165) is 0 Å². The molecular formula is C13H13N3O3. The Morgan fingerprint density at radius 3 is 2.53 bits per heavy atom. The number of carbonyl (C=O) groups excluding carboxylic acids is 1. The summed E-state index contributed by atoms with van der Waals surface area (Å²) in [5, 5.41) is 16.6. The predicted molar refractivity (Wildman–Crippen MR) is 69.4 cm³/mol. The molecule has 2 aliphatic rings. The molecule has 1 spiro atoms. The van der Waals surface area contributed by atoms with Crippen LogP contribution < -0.4 is 5.01 Å². The molecule has 98 valence electrons. The van der Waals surface area contributed by atoms with Crippen molar-refractivity contribution in [3.8, 4) is 0 Å². The molecule has 1 fully saturated rings. The molecule has 0 saturated heterocycles. The van der Waals surface area contributed by atoms with E-state index >= 15 is 0 Å². The summed E-state index contributed by atoms with van der Waals surface area (Å²) >= 11 is 0. The zero-order valence-electron chi connectivity index (χ0n) is 10.6. The summed E-state index contributed by atoms with van der Waals surface area (Å²) in [4.78, 5) is 23.2. The largest absolute Gasteiger partial charge is 0.271 e. The van der Waals surface area contributed by atoms with Crippen molar-refractivity contribution in [2.45, 2.75) is 19.9 Å². The monoisotopic (exact) mass is 259 g/mol. The van der Waals surface area contributed by atoms with E-state index in [0.29, 0.717) is 11.4 Å². The molecule has 1 aliphatic heterocycles. The summed E-state index contributed by atoms with van der Waals surface area (Å²) in [6.07, 6.45) is 0. The molecule has 6 nitrogen and oxygen atoms in total. The third-order valence-corrected chi connectivity index (χ3v) is 4.17. The zero-order valence-corrected chi connectivity index (χ0v) is 10.6. The highest BCUT2D eigenvalue weighted by Crippen LogP contribution is 2.59. The standard InChI is InChI=1S/C13H13N3O3/c1-8-11(16(18)19)13(8)9(2)14-15(12(13)17)10-6-4-3-5-7-10/h3-8,11H,1-2H3/t8-,11+,13+/m1/s1. The Morgan fingerprint density at radius 2 is 2.00 bits per heavy atom. The minimum absolute atomic E-state index is 0.287. The number of hydrazone groups is 1. The van der Waals surface area contributed by atoms with Crippen molar-refractivity contribution in [3.63, 3.8) is 0 Å². The van der Waals surface area contributed by atoms with E-state index < -0.39 is 11.5 Å². The van der Waals surface area contributed by atoms with Crippen molar-refractivity contribution in [3.05, 3.63) is 40.4 Å². The summed E-state index contributed by atoms with van der Waals surface area (Å²) in [6, 6.07) is 8.14. The third-order valence-electron chi connectivity index (χ3n) is 4.17. The average Bonchev–Trinajstić information content (AvgIpc) is 2.95. The molecule has 1 heterocycles. The smallest absolute Gasteiger partial charge is 0.266 e. The van der Waals surface area contributed by atoms with Gasteiger partial charge in [0.2, 0.25) is 6.04 Å². The highest BCUT2D eigenvalue weighted by Gasteiger charge is 2.80. The Hall–Kier alpha value is -2.24. The van der Waals surface area contributed by atoms with E-state index in [2.05, 4.69) is 5.10 Å². The van der Waals surface area contributed by atoms with Crippen LogP contribution >= 0.6 is 0 Å².